The first-order chi connectivity index (χ1) is 17.8. The molecule has 2 N–H and O–H groups in total. The molecule has 3 aromatic carbocycles. The minimum Gasteiger partial charge on any atom is -0.328 e. The number of aryl methyl sites for hydroxylation is 2. The summed E-state index contributed by atoms with van der Waals surface area (Å²) in [6, 6.07) is 19.8. The zero-order valence-corrected chi connectivity index (χ0v) is 22.1. The van der Waals surface area contributed by atoms with Crippen molar-refractivity contribution in [2.75, 3.05) is 10.6 Å². The third-order valence-electron chi connectivity index (χ3n) is 6.27. The number of rotatable bonds is 6. The molecule has 0 saturated heterocycles. The molecule has 1 amide bonds. The van der Waals surface area contributed by atoms with Crippen LogP contribution in [-0.2, 0) is 10.5 Å². The summed E-state index contributed by atoms with van der Waals surface area (Å²) in [5.74, 6) is 0.195. The van der Waals surface area contributed by atoms with E-state index in [4.69, 9.17) is 16.7 Å². The molecule has 2 heterocycles. The average molecular weight is 534 g/mol. The van der Waals surface area contributed by atoms with Crippen LogP contribution in [0.1, 0.15) is 35.2 Å². The van der Waals surface area contributed by atoms with Crippen LogP contribution in [0.15, 0.2) is 83.2 Å². The quantitative estimate of drug-likeness (QED) is 0.263. The van der Waals surface area contributed by atoms with Gasteiger partial charge in [0.1, 0.15) is 11.9 Å². The molecule has 0 fully saturated rings. The number of nitrogens with one attached hydrogen (secondary N) is 2. The SMILES string of the molecule is CC1=C(C(=O)Nc2ccccc2C)[C@H](c2ccc(C)cc2)n2nc(SCc3c(F)cccc3Cl)nc2N1. The van der Waals surface area contributed by atoms with Crippen LogP contribution in [0.2, 0.25) is 5.02 Å². The first-order valence-electron chi connectivity index (χ1n) is 11.8. The Labute approximate surface area is 224 Å². The summed E-state index contributed by atoms with van der Waals surface area (Å²) in [6.45, 7) is 5.83. The van der Waals surface area contributed by atoms with Crippen LogP contribution in [0.25, 0.3) is 0 Å². The molecule has 1 atom stereocenters. The van der Waals surface area contributed by atoms with Gasteiger partial charge in [0.25, 0.3) is 5.91 Å². The van der Waals surface area contributed by atoms with Crippen molar-refractivity contribution in [1.82, 2.24) is 14.8 Å². The van der Waals surface area contributed by atoms with E-state index in [2.05, 4.69) is 15.6 Å². The Bertz CT molecular complexity index is 1500. The van der Waals surface area contributed by atoms with Gasteiger partial charge in [-0.3, -0.25) is 4.79 Å². The Morgan fingerprint density at radius 1 is 1.08 bits per heavy atom. The highest BCUT2D eigenvalue weighted by Gasteiger charge is 2.34. The number of carbonyl (C=O) groups is 1. The number of amides is 1. The van der Waals surface area contributed by atoms with E-state index < -0.39 is 6.04 Å². The second kappa shape index (κ2) is 10.4. The first-order valence-corrected chi connectivity index (χ1v) is 13.1. The second-order valence-corrected chi connectivity index (χ2v) is 10.2. The van der Waals surface area contributed by atoms with Crippen molar-refractivity contribution in [3.63, 3.8) is 0 Å². The summed E-state index contributed by atoms with van der Waals surface area (Å²) < 4.78 is 16.0. The maximum absolute atomic E-state index is 14.3. The van der Waals surface area contributed by atoms with E-state index in [-0.39, 0.29) is 17.5 Å². The van der Waals surface area contributed by atoms with Crippen molar-refractivity contribution in [2.45, 2.75) is 37.7 Å². The number of para-hydroxylation sites is 1. The van der Waals surface area contributed by atoms with Crippen molar-refractivity contribution in [3.8, 4) is 0 Å². The number of anilines is 2. The number of benzene rings is 3. The standard InChI is InChI=1S/C28H25ClFN5OS/c1-16-11-13-19(14-12-16)25-24(26(36)32-23-10-5-4-7-17(23)2)18(3)31-27-33-28(34-35(25)27)37-15-20-21(29)8-6-9-22(20)30/h4-14,25H,15H2,1-3H3,(H,32,36)(H,31,33,34)/t25-/m0/s1. The molecular weight excluding hydrogens is 509 g/mol. The van der Waals surface area contributed by atoms with Gasteiger partial charge in [0.05, 0.1) is 5.57 Å². The van der Waals surface area contributed by atoms with Crippen LogP contribution in [0, 0.1) is 19.7 Å². The predicted octanol–water partition coefficient (Wildman–Crippen LogP) is 6.91. The Morgan fingerprint density at radius 3 is 2.57 bits per heavy atom. The largest absolute Gasteiger partial charge is 0.328 e. The van der Waals surface area contributed by atoms with Gasteiger partial charge in [0.15, 0.2) is 0 Å². The van der Waals surface area contributed by atoms with E-state index in [1.54, 1.807) is 16.8 Å². The first kappa shape index (κ1) is 25.0. The number of allylic oxidation sites excluding steroid dienone is 1. The molecule has 1 aliphatic rings. The normalized spacial score (nSPS) is 14.8. The number of hydrogen-bond donors (Lipinski definition) is 2. The number of thioether (sulfide) groups is 1. The summed E-state index contributed by atoms with van der Waals surface area (Å²) in [5.41, 5.74) is 5.36. The molecule has 0 saturated carbocycles. The summed E-state index contributed by atoms with van der Waals surface area (Å²) in [7, 11) is 0. The molecule has 0 spiro atoms. The van der Waals surface area contributed by atoms with Gasteiger partial charge in [-0.15, -0.1) is 5.10 Å². The Balaban J connectivity index is 1.50. The number of nitrogens with zero attached hydrogens (tertiary/aromatic N) is 3. The van der Waals surface area contributed by atoms with Crippen LogP contribution in [-0.4, -0.2) is 20.7 Å². The van der Waals surface area contributed by atoms with Crippen molar-refractivity contribution < 1.29 is 9.18 Å². The molecule has 1 aliphatic heterocycles. The van der Waals surface area contributed by atoms with Crippen molar-refractivity contribution in [1.29, 1.82) is 0 Å². The zero-order valence-electron chi connectivity index (χ0n) is 20.5. The molecule has 0 aliphatic carbocycles. The molecule has 188 valence electrons. The maximum Gasteiger partial charge on any atom is 0.255 e. The molecule has 6 nitrogen and oxygen atoms in total. The van der Waals surface area contributed by atoms with Gasteiger partial charge in [-0.25, -0.2) is 9.07 Å². The molecule has 5 rings (SSSR count). The van der Waals surface area contributed by atoms with Gasteiger partial charge < -0.3 is 10.6 Å². The minimum absolute atomic E-state index is 0.224. The third kappa shape index (κ3) is 5.12. The van der Waals surface area contributed by atoms with Crippen molar-refractivity contribution in [2.24, 2.45) is 0 Å². The number of carbonyl (C=O) groups excluding carboxylic acids is 1. The lowest BCUT2D eigenvalue weighted by molar-refractivity contribution is -0.113. The van der Waals surface area contributed by atoms with Crippen molar-refractivity contribution in [3.05, 3.63) is 111 Å². The van der Waals surface area contributed by atoms with Crippen LogP contribution in [0.4, 0.5) is 16.0 Å². The van der Waals surface area contributed by atoms with E-state index in [9.17, 15) is 9.18 Å². The molecule has 0 radical (unpaired) electrons. The Kier molecular flexibility index (Phi) is 7.04. The number of aromatic nitrogens is 3. The smallest absolute Gasteiger partial charge is 0.255 e. The molecule has 0 unspecified atom stereocenters. The lowest BCUT2D eigenvalue weighted by Crippen LogP contribution is -2.31. The van der Waals surface area contributed by atoms with E-state index in [1.807, 2.05) is 69.3 Å². The fraction of sp³-hybridized carbons (Fsp3) is 0.179. The summed E-state index contributed by atoms with van der Waals surface area (Å²) >= 11 is 7.48. The van der Waals surface area contributed by atoms with Gasteiger partial charge in [0, 0.05) is 27.7 Å². The molecule has 1 aromatic heterocycles. The average Bonchev–Trinajstić information content (AvgIpc) is 3.27. The maximum atomic E-state index is 14.3. The van der Waals surface area contributed by atoms with Gasteiger partial charge in [0.2, 0.25) is 11.1 Å². The fourth-order valence-electron chi connectivity index (χ4n) is 4.25. The van der Waals surface area contributed by atoms with Crippen molar-refractivity contribution >= 4 is 40.9 Å². The van der Waals surface area contributed by atoms with Gasteiger partial charge >= 0.3 is 0 Å². The summed E-state index contributed by atoms with van der Waals surface area (Å²) in [5, 5.41) is 11.8. The molecule has 9 heteroatoms. The predicted molar refractivity (Wildman–Crippen MR) is 146 cm³/mol. The van der Waals surface area contributed by atoms with Crippen LogP contribution in [0.3, 0.4) is 0 Å². The minimum atomic E-state index is -0.500. The molecular formula is C28H25ClFN5OS. The number of hydrogen-bond acceptors (Lipinski definition) is 5. The second-order valence-electron chi connectivity index (χ2n) is 8.90. The number of fused-ring (bicyclic) bond motifs is 1. The zero-order chi connectivity index (χ0) is 26.1. The van der Waals surface area contributed by atoms with Crippen LogP contribution >= 0.6 is 23.4 Å². The van der Waals surface area contributed by atoms with E-state index in [1.165, 1.54) is 17.8 Å². The molecule has 4 aromatic rings. The van der Waals surface area contributed by atoms with E-state index in [0.717, 1.165) is 22.4 Å². The lowest BCUT2D eigenvalue weighted by atomic mass is 9.94. The van der Waals surface area contributed by atoms with E-state index in [0.29, 0.717) is 33.0 Å². The van der Waals surface area contributed by atoms with Gasteiger partial charge in [-0.2, -0.15) is 4.98 Å². The third-order valence-corrected chi connectivity index (χ3v) is 7.49. The van der Waals surface area contributed by atoms with Gasteiger partial charge in [-0.1, -0.05) is 77.5 Å². The topological polar surface area (TPSA) is 71.8 Å². The van der Waals surface area contributed by atoms with E-state index >= 15 is 0 Å². The Morgan fingerprint density at radius 2 is 1.84 bits per heavy atom. The summed E-state index contributed by atoms with van der Waals surface area (Å²) in [6.07, 6.45) is 0. The van der Waals surface area contributed by atoms with Gasteiger partial charge in [-0.05, 0) is 50.1 Å². The fourth-order valence-corrected chi connectivity index (χ4v) is 5.43. The highest BCUT2D eigenvalue weighted by Crippen LogP contribution is 2.37. The summed E-state index contributed by atoms with van der Waals surface area (Å²) in [4.78, 5) is 18.3. The molecule has 37 heavy (non-hydrogen) atoms. The number of halogens is 2. The van der Waals surface area contributed by atoms with Crippen LogP contribution in [0.5, 0.6) is 0 Å². The highest BCUT2D eigenvalue weighted by atomic mass is 35.5. The Hall–Kier alpha value is -3.62. The lowest BCUT2D eigenvalue weighted by Gasteiger charge is -2.29. The monoisotopic (exact) mass is 533 g/mol. The molecule has 0 bridgehead atoms. The van der Waals surface area contributed by atoms with Crippen LogP contribution < -0.4 is 10.6 Å². The highest BCUT2D eigenvalue weighted by molar-refractivity contribution is 7.98.